The second-order valence-corrected chi connectivity index (χ2v) is 8.31. The van der Waals surface area contributed by atoms with Gasteiger partial charge in [-0.05, 0) is 63.6 Å². The Bertz CT molecular complexity index is 735. The predicted molar refractivity (Wildman–Crippen MR) is 128 cm³/mol. The molecule has 0 saturated heterocycles. The van der Waals surface area contributed by atoms with E-state index in [9.17, 15) is 0 Å². The van der Waals surface area contributed by atoms with Crippen LogP contribution >= 0.6 is 35.3 Å². The number of hydrogen-bond acceptors (Lipinski definition) is 4. The minimum atomic E-state index is 0. The number of rotatable bonds is 7. The molecule has 7 heteroatoms. The number of benzene rings is 1. The van der Waals surface area contributed by atoms with E-state index < -0.39 is 0 Å². The van der Waals surface area contributed by atoms with Crippen LogP contribution in [0.3, 0.4) is 0 Å². The fourth-order valence-corrected chi connectivity index (χ4v) is 4.13. The third-order valence-electron chi connectivity index (χ3n) is 4.94. The standard InChI is InChI=1S/C21H30N4OS.HI/c1-15-16(2)27-20(25-15)14-24-21(22-3)23-13-12-17-8-10-19(11-9-17)26-18-6-4-5-7-18;/h8-11,18H,4-7,12-14H2,1-3H3,(H2,22,23,24);1H. The highest BCUT2D eigenvalue weighted by Crippen LogP contribution is 2.24. The first-order valence-electron chi connectivity index (χ1n) is 9.77. The quantitative estimate of drug-likeness (QED) is 0.322. The van der Waals surface area contributed by atoms with Crippen LogP contribution in [0.25, 0.3) is 0 Å². The Morgan fingerprint density at radius 1 is 1.18 bits per heavy atom. The van der Waals surface area contributed by atoms with Gasteiger partial charge in [-0.3, -0.25) is 4.99 Å². The predicted octanol–water partition coefficient (Wildman–Crippen LogP) is 4.61. The molecular weight excluding hydrogens is 483 g/mol. The largest absolute Gasteiger partial charge is 0.490 e. The average molecular weight is 514 g/mol. The van der Waals surface area contributed by atoms with Crippen LogP contribution in [-0.4, -0.2) is 30.6 Å². The summed E-state index contributed by atoms with van der Waals surface area (Å²) in [5.41, 5.74) is 2.41. The van der Waals surface area contributed by atoms with Crippen LogP contribution in [0, 0.1) is 13.8 Å². The molecule has 0 amide bonds. The van der Waals surface area contributed by atoms with Gasteiger partial charge >= 0.3 is 0 Å². The minimum absolute atomic E-state index is 0. The van der Waals surface area contributed by atoms with E-state index in [1.54, 1.807) is 18.4 Å². The lowest BCUT2D eigenvalue weighted by Gasteiger charge is -2.14. The van der Waals surface area contributed by atoms with E-state index in [4.69, 9.17) is 4.74 Å². The van der Waals surface area contributed by atoms with Gasteiger partial charge in [-0.15, -0.1) is 35.3 Å². The Hall–Kier alpha value is -1.35. The smallest absolute Gasteiger partial charge is 0.191 e. The van der Waals surface area contributed by atoms with E-state index >= 15 is 0 Å². The Kier molecular flexibility index (Phi) is 9.50. The third-order valence-corrected chi connectivity index (χ3v) is 6.01. The monoisotopic (exact) mass is 514 g/mol. The van der Waals surface area contributed by atoms with Gasteiger partial charge in [0.25, 0.3) is 0 Å². The molecule has 0 bridgehead atoms. The summed E-state index contributed by atoms with van der Waals surface area (Å²) in [5.74, 6) is 1.80. The first-order chi connectivity index (χ1) is 13.1. The van der Waals surface area contributed by atoms with Crippen LogP contribution < -0.4 is 15.4 Å². The highest BCUT2D eigenvalue weighted by Gasteiger charge is 2.16. The molecule has 0 aliphatic heterocycles. The molecule has 1 heterocycles. The van der Waals surface area contributed by atoms with Crippen molar-refractivity contribution in [1.82, 2.24) is 15.6 Å². The van der Waals surface area contributed by atoms with Crippen LogP contribution in [0.15, 0.2) is 29.3 Å². The van der Waals surface area contributed by atoms with Crippen molar-refractivity contribution >= 4 is 41.3 Å². The summed E-state index contributed by atoms with van der Waals surface area (Å²) in [6.45, 7) is 5.69. The van der Waals surface area contributed by atoms with Crippen molar-refractivity contribution in [3.63, 3.8) is 0 Å². The van der Waals surface area contributed by atoms with Crippen LogP contribution in [0.5, 0.6) is 5.75 Å². The zero-order valence-corrected chi connectivity index (χ0v) is 20.1. The number of guanidine groups is 1. The van der Waals surface area contributed by atoms with Gasteiger partial charge in [0.1, 0.15) is 10.8 Å². The second kappa shape index (κ2) is 11.6. The Labute approximate surface area is 189 Å². The summed E-state index contributed by atoms with van der Waals surface area (Å²) in [4.78, 5) is 10.1. The van der Waals surface area contributed by atoms with Crippen molar-refractivity contribution in [2.75, 3.05) is 13.6 Å². The van der Waals surface area contributed by atoms with Crippen molar-refractivity contribution in [3.05, 3.63) is 45.4 Å². The van der Waals surface area contributed by atoms with Gasteiger partial charge in [0.2, 0.25) is 0 Å². The fourth-order valence-electron chi connectivity index (χ4n) is 3.25. The molecule has 5 nitrogen and oxygen atoms in total. The lowest BCUT2D eigenvalue weighted by atomic mass is 10.1. The van der Waals surface area contributed by atoms with Gasteiger partial charge in [-0.1, -0.05) is 12.1 Å². The van der Waals surface area contributed by atoms with Gasteiger partial charge < -0.3 is 15.4 Å². The van der Waals surface area contributed by atoms with Gasteiger partial charge in [0.05, 0.1) is 18.3 Å². The summed E-state index contributed by atoms with van der Waals surface area (Å²) in [6, 6.07) is 8.49. The van der Waals surface area contributed by atoms with Crippen molar-refractivity contribution in [2.45, 2.75) is 58.6 Å². The number of aliphatic imine (C=N–C) groups is 1. The summed E-state index contributed by atoms with van der Waals surface area (Å²) in [6.07, 6.45) is 6.34. The lowest BCUT2D eigenvalue weighted by molar-refractivity contribution is 0.210. The molecule has 3 rings (SSSR count). The highest BCUT2D eigenvalue weighted by molar-refractivity contribution is 14.0. The topological polar surface area (TPSA) is 58.5 Å². The minimum Gasteiger partial charge on any atom is -0.490 e. The van der Waals surface area contributed by atoms with E-state index in [-0.39, 0.29) is 24.0 Å². The maximum atomic E-state index is 6.02. The molecule has 0 radical (unpaired) electrons. The fraction of sp³-hybridized carbons (Fsp3) is 0.524. The number of aromatic nitrogens is 1. The number of nitrogens with one attached hydrogen (secondary N) is 2. The van der Waals surface area contributed by atoms with E-state index in [1.807, 2.05) is 6.92 Å². The first-order valence-corrected chi connectivity index (χ1v) is 10.6. The molecule has 1 aliphatic carbocycles. The zero-order chi connectivity index (χ0) is 19.1. The molecular formula is C21H31IN4OS. The highest BCUT2D eigenvalue weighted by atomic mass is 127. The zero-order valence-electron chi connectivity index (χ0n) is 17.0. The number of ether oxygens (including phenoxy) is 1. The lowest BCUT2D eigenvalue weighted by Crippen LogP contribution is -2.37. The summed E-state index contributed by atoms with van der Waals surface area (Å²) in [5, 5.41) is 7.78. The van der Waals surface area contributed by atoms with Crippen molar-refractivity contribution in [1.29, 1.82) is 0 Å². The molecule has 1 aromatic carbocycles. The Morgan fingerprint density at radius 3 is 2.50 bits per heavy atom. The van der Waals surface area contributed by atoms with Crippen LogP contribution in [-0.2, 0) is 13.0 Å². The maximum absolute atomic E-state index is 6.02. The second-order valence-electron chi connectivity index (χ2n) is 7.02. The van der Waals surface area contributed by atoms with E-state index in [1.165, 1.54) is 36.1 Å². The molecule has 0 spiro atoms. The summed E-state index contributed by atoms with van der Waals surface area (Å²) < 4.78 is 6.02. The van der Waals surface area contributed by atoms with Gasteiger partial charge in [-0.25, -0.2) is 4.98 Å². The number of aryl methyl sites for hydroxylation is 2. The molecule has 1 aliphatic rings. The number of halogens is 1. The van der Waals surface area contributed by atoms with Gasteiger partial charge in [0.15, 0.2) is 5.96 Å². The van der Waals surface area contributed by atoms with Crippen LogP contribution in [0.4, 0.5) is 0 Å². The molecule has 2 N–H and O–H groups in total. The summed E-state index contributed by atoms with van der Waals surface area (Å²) >= 11 is 1.73. The van der Waals surface area contributed by atoms with Crippen LogP contribution in [0.1, 0.15) is 46.8 Å². The van der Waals surface area contributed by atoms with Gasteiger partial charge in [-0.2, -0.15) is 0 Å². The molecule has 154 valence electrons. The van der Waals surface area contributed by atoms with Crippen molar-refractivity contribution in [3.8, 4) is 5.75 Å². The van der Waals surface area contributed by atoms with Gasteiger partial charge in [0, 0.05) is 18.5 Å². The molecule has 1 fully saturated rings. The van der Waals surface area contributed by atoms with Crippen molar-refractivity contribution < 1.29 is 4.74 Å². The molecule has 0 atom stereocenters. The molecule has 28 heavy (non-hydrogen) atoms. The Balaban J connectivity index is 0.00000280. The number of nitrogens with zero attached hydrogens (tertiary/aromatic N) is 2. The SMILES string of the molecule is CN=C(NCCc1ccc(OC2CCCC2)cc1)NCc1nc(C)c(C)s1.I. The average Bonchev–Trinajstić information content (AvgIpc) is 3.29. The van der Waals surface area contributed by atoms with E-state index in [0.717, 1.165) is 35.4 Å². The molecule has 0 unspecified atom stereocenters. The van der Waals surface area contributed by atoms with Crippen molar-refractivity contribution in [2.24, 2.45) is 4.99 Å². The normalized spacial score (nSPS) is 14.6. The van der Waals surface area contributed by atoms with Crippen LogP contribution in [0.2, 0.25) is 0 Å². The third kappa shape index (κ3) is 6.92. The molecule has 1 aromatic heterocycles. The number of hydrogen-bond donors (Lipinski definition) is 2. The van der Waals surface area contributed by atoms with E-state index in [0.29, 0.717) is 12.6 Å². The first kappa shape index (κ1) is 22.9. The molecule has 2 aromatic rings. The number of thiazole rings is 1. The summed E-state index contributed by atoms with van der Waals surface area (Å²) in [7, 11) is 1.79. The Morgan fingerprint density at radius 2 is 1.89 bits per heavy atom. The molecule has 1 saturated carbocycles. The van der Waals surface area contributed by atoms with E-state index in [2.05, 4.69) is 51.8 Å². The maximum Gasteiger partial charge on any atom is 0.191 e.